The zero-order valence-electron chi connectivity index (χ0n) is 11.7. The smallest absolute Gasteiger partial charge is 0.315 e. The number of amides is 2. The Morgan fingerprint density at radius 3 is 2.60 bits per heavy atom. The van der Waals surface area contributed by atoms with Crippen LogP contribution < -0.4 is 10.6 Å². The summed E-state index contributed by atoms with van der Waals surface area (Å²) in [5.74, 6) is 0.499. The number of urea groups is 1. The van der Waals surface area contributed by atoms with Gasteiger partial charge in [-0.15, -0.1) is 0 Å². The van der Waals surface area contributed by atoms with Crippen LogP contribution in [-0.4, -0.2) is 35.7 Å². The van der Waals surface area contributed by atoms with Crippen molar-refractivity contribution in [2.75, 3.05) is 18.6 Å². The molecule has 20 heavy (non-hydrogen) atoms. The number of rotatable bonds is 7. The second-order valence-electron chi connectivity index (χ2n) is 4.48. The molecule has 112 valence electrons. The van der Waals surface area contributed by atoms with Gasteiger partial charge in [-0.2, -0.15) is 11.8 Å². The average Bonchev–Trinajstić information content (AvgIpc) is 2.45. The number of aliphatic hydroxyl groups excluding tert-OH is 1. The standard InChI is InChI=1S/C14H21FN2O2S/c1-3-12(9-20-2)17-14(19)16-8-13(18)10-4-6-11(15)7-5-10/h4-7,12-13,18H,3,8-9H2,1-2H3,(H2,16,17,19). The molecule has 3 N–H and O–H groups in total. The molecule has 0 aliphatic heterocycles. The Morgan fingerprint density at radius 1 is 1.40 bits per heavy atom. The van der Waals surface area contributed by atoms with Gasteiger partial charge in [-0.25, -0.2) is 9.18 Å². The summed E-state index contributed by atoms with van der Waals surface area (Å²) in [5.41, 5.74) is 0.572. The summed E-state index contributed by atoms with van der Waals surface area (Å²) in [6, 6.07) is 5.39. The van der Waals surface area contributed by atoms with E-state index >= 15 is 0 Å². The number of thioether (sulfide) groups is 1. The van der Waals surface area contributed by atoms with Crippen molar-refractivity contribution in [2.24, 2.45) is 0 Å². The molecule has 0 saturated heterocycles. The third-order valence-corrected chi connectivity index (χ3v) is 3.64. The summed E-state index contributed by atoms with van der Waals surface area (Å²) < 4.78 is 12.8. The van der Waals surface area contributed by atoms with Crippen LogP contribution >= 0.6 is 11.8 Å². The minimum Gasteiger partial charge on any atom is -0.387 e. The fourth-order valence-corrected chi connectivity index (χ4v) is 2.41. The van der Waals surface area contributed by atoms with Gasteiger partial charge in [0.1, 0.15) is 5.82 Å². The first kappa shape index (κ1) is 16.8. The molecule has 0 heterocycles. The third kappa shape index (κ3) is 5.79. The van der Waals surface area contributed by atoms with Crippen LogP contribution in [-0.2, 0) is 0 Å². The van der Waals surface area contributed by atoms with Gasteiger partial charge >= 0.3 is 6.03 Å². The monoisotopic (exact) mass is 300 g/mol. The van der Waals surface area contributed by atoms with Gasteiger partial charge in [0, 0.05) is 18.3 Å². The molecular formula is C14H21FN2O2S. The molecular weight excluding hydrogens is 279 g/mol. The Kier molecular flexibility index (Phi) is 7.40. The zero-order chi connectivity index (χ0) is 15.0. The van der Waals surface area contributed by atoms with E-state index in [2.05, 4.69) is 10.6 Å². The predicted molar refractivity (Wildman–Crippen MR) is 80.4 cm³/mol. The van der Waals surface area contributed by atoms with Crippen LogP contribution in [0.25, 0.3) is 0 Å². The van der Waals surface area contributed by atoms with Crippen LogP contribution in [0.5, 0.6) is 0 Å². The quantitative estimate of drug-likeness (QED) is 0.724. The van der Waals surface area contributed by atoms with Crippen LogP contribution in [0.1, 0.15) is 25.0 Å². The van der Waals surface area contributed by atoms with Crippen LogP contribution in [0.15, 0.2) is 24.3 Å². The Labute approximate surface area is 123 Å². The average molecular weight is 300 g/mol. The Balaban J connectivity index is 2.38. The maximum absolute atomic E-state index is 12.8. The number of nitrogens with one attached hydrogen (secondary N) is 2. The molecule has 0 radical (unpaired) electrons. The van der Waals surface area contributed by atoms with Crippen LogP contribution in [0.4, 0.5) is 9.18 Å². The molecule has 1 rings (SSSR count). The normalized spacial score (nSPS) is 13.6. The molecule has 0 saturated carbocycles. The van der Waals surface area contributed by atoms with E-state index in [1.165, 1.54) is 24.3 Å². The SMILES string of the molecule is CCC(CSC)NC(=O)NCC(O)c1ccc(F)cc1. The lowest BCUT2D eigenvalue weighted by molar-refractivity contribution is 0.172. The topological polar surface area (TPSA) is 61.4 Å². The highest BCUT2D eigenvalue weighted by Gasteiger charge is 2.12. The minimum atomic E-state index is -0.845. The summed E-state index contributed by atoms with van der Waals surface area (Å²) >= 11 is 1.67. The largest absolute Gasteiger partial charge is 0.387 e. The minimum absolute atomic E-state index is 0.0904. The summed E-state index contributed by atoms with van der Waals surface area (Å²) in [4.78, 5) is 11.7. The van der Waals surface area contributed by atoms with Gasteiger partial charge in [0.2, 0.25) is 0 Å². The first-order valence-electron chi connectivity index (χ1n) is 6.53. The maximum Gasteiger partial charge on any atom is 0.315 e. The highest BCUT2D eigenvalue weighted by atomic mass is 32.2. The molecule has 0 aromatic heterocycles. The van der Waals surface area contributed by atoms with Gasteiger partial charge in [-0.1, -0.05) is 19.1 Å². The first-order chi connectivity index (χ1) is 9.56. The van der Waals surface area contributed by atoms with Gasteiger partial charge in [-0.3, -0.25) is 0 Å². The first-order valence-corrected chi connectivity index (χ1v) is 7.93. The van der Waals surface area contributed by atoms with E-state index in [9.17, 15) is 14.3 Å². The molecule has 1 aromatic rings. The number of carbonyl (C=O) groups excluding carboxylic acids is 1. The second kappa shape index (κ2) is 8.81. The fourth-order valence-electron chi connectivity index (χ4n) is 1.69. The zero-order valence-corrected chi connectivity index (χ0v) is 12.5. The van der Waals surface area contributed by atoms with Crippen molar-refractivity contribution < 1.29 is 14.3 Å². The van der Waals surface area contributed by atoms with Crippen molar-refractivity contribution in [3.63, 3.8) is 0 Å². The Morgan fingerprint density at radius 2 is 2.05 bits per heavy atom. The number of hydrogen-bond acceptors (Lipinski definition) is 3. The van der Waals surface area contributed by atoms with Crippen molar-refractivity contribution in [2.45, 2.75) is 25.5 Å². The van der Waals surface area contributed by atoms with E-state index in [-0.39, 0.29) is 24.4 Å². The summed E-state index contributed by atoms with van der Waals surface area (Å²) in [6.07, 6.45) is 2.00. The van der Waals surface area contributed by atoms with E-state index < -0.39 is 6.10 Å². The van der Waals surface area contributed by atoms with Gasteiger partial charge < -0.3 is 15.7 Å². The van der Waals surface area contributed by atoms with E-state index in [1.54, 1.807) is 11.8 Å². The molecule has 4 nitrogen and oxygen atoms in total. The van der Waals surface area contributed by atoms with E-state index in [0.717, 1.165) is 12.2 Å². The van der Waals surface area contributed by atoms with Crippen molar-refractivity contribution in [1.29, 1.82) is 0 Å². The number of halogens is 1. The van der Waals surface area contributed by atoms with Crippen LogP contribution in [0.2, 0.25) is 0 Å². The van der Waals surface area contributed by atoms with Gasteiger partial charge in [0.05, 0.1) is 6.10 Å². The maximum atomic E-state index is 12.8. The van der Waals surface area contributed by atoms with Crippen molar-refractivity contribution >= 4 is 17.8 Å². The van der Waals surface area contributed by atoms with Crippen molar-refractivity contribution in [3.05, 3.63) is 35.6 Å². The molecule has 0 fully saturated rings. The number of carbonyl (C=O) groups is 1. The molecule has 0 aliphatic rings. The van der Waals surface area contributed by atoms with Crippen molar-refractivity contribution in [1.82, 2.24) is 10.6 Å². The highest BCUT2D eigenvalue weighted by molar-refractivity contribution is 7.98. The Hall–Kier alpha value is -1.27. The van der Waals surface area contributed by atoms with E-state index in [1.807, 2.05) is 13.2 Å². The van der Waals surface area contributed by atoms with E-state index in [0.29, 0.717) is 5.56 Å². The van der Waals surface area contributed by atoms with Crippen molar-refractivity contribution in [3.8, 4) is 0 Å². The molecule has 0 bridgehead atoms. The number of aliphatic hydroxyl groups is 1. The van der Waals surface area contributed by atoms with Gasteiger partial charge in [0.25, 0.3) is 0 Å². The number of hydrogen-bond donors (Lipinski definition) is 3. The molecule has 0 spiro atoms. The van der Waals surface area contributed by atoms with Gasteiger partial charge in [0.15, 0.2) is 0 Å². The lowest BCUT2D eigenvalue weighted by atomic mass is 10.1. The molecule has 0 aliphatic carbocycles. The molecule has 6 heteroatoms. The third-order valence-electron chi connectivity index (χ3n) is 2.91. The van der Waals surface area contributed by atoms with Crippen LogP contribution in [0, 0.1) is 5.82 Å². The molecule has 2 amide bonds. The highest BCUT2D eigenvalue weighted by Crippen LogP contribution is 2.12. The fraction of sp³-hybridized carbons (Fsp3) is 0.500. The molecule has 2 atom stereocenters. The lowest BCUT2D eigenvalue weighted by Crippen LogP contribution is -2.44. The van der Waals surface area contributed by atoms with Gasteiger partial charge in [-0.05, 0) is 30.4 Å². The molecule has 2 unspecified atom stereocenters. The second-order valence-corrected chi connectivity index (χ2v) is 5.39. The van der Waals surface area contributed by atoms with Crippen LogP contribution in [0.3, 0.4) is 0 Å². The summed E-state index contributed by atoms with van der Waals surface area (Å²) in [6.45, 7) is 2.10. The lowest BCUT2D eigenvalue weighted by Gasteiger charge is -2.17. The molecule has 1 aromatic carbocycles. The van der Waals surface area contributed by atoms with E-state index in [4.69, 9.17) is 0 Å². The summed E-state index contributed by atoms with van der Waals surface area (Å²) in [7, 11) is 0. The summed E-state index contributed by atoms with van der Waals surface area (Å²) in [5, 5.41) is 15.3. The Bertz CT molecular complexity index is 414. The predicted octanol–water partition coefficient (Wildman–Crippen LogP) is 2.30. The number of benzene rings is 1.